The fourth-order valence-electron chi connectivity index (χ4n) is 4.73. The largest absolute Gasteiger partial charge is 0.357 e. The van der Waals surface area contributed by atoms with Crippen LogP contribution in [0.2, 0.25) is 0 Å². The van der Waals surface area contributed by atoms with Crippen LogP contribution >= 0.6 is 0 Å². The molecule has 0 unspecified atom stereocenters. The minimum atomic E-state index is -0.250. The van der Waals surface area contributed by atoms with Gasteiger partial charge in [-0.1, -0.05) is 43.0 Å². The Hall–Kier alpha value is -3.44. The minimum Gasteiger partial charge on any atom is -0.357 e. The van der Waals surface area contributed by atoms with Crippen molar-refractivity contribution in [3.63, 3.8) is 0 Å². The van der Waals surface area contributed by atoms with Crippen molar-refractivity contribution < 1.29 is 4.39 Å². The van der Waals surface area contributed by atoms with Crippen LogP contribution in [-0.2, 0) is 0 Å². The lowest BCUT2D eigenvalue weighted by atomic mass is 9.89. The van der Waals surface area contributed by atoms with Crippen LogP contribution in [0.25, 0.3) is 27.9 Å². The van der Waals surface area contributed by atoms with Crippen LogP contribution in [-0.4, -0.2) is 28.3 Å². The Kier molecular flexibility index (Phi) is 5.50. The number of hydrogen-bond donors (Lipinski definition) is 3. The Morgan fingerprint density at radius 2 is 1.91 bits per heavy atom. The molecule has 1 fully saturated rings. The number of aromatic nitrogens is 3. The molecule has 32 heavy (non-hydrogen) atoms. The van der Waals surface area contributed by atoms with Crippen molar-refractivity contribution in [2.75, 3.05) is 13.1 Å². The zero-order chi connectivity index (χ0) is 22.1. The van der Waals surface area contributed by atoms with Crippen LogP contribution < -0.4 is 5.32 Å². The van der Waals surface area contributed by atoms with Gasteiger partial charge in [0.25, 0.3) is 0 Å². The van der Waals surface area contributed by atoms with Gasteiger partial charge in [-0.25, -0.2) is 4.39 Å². The molecule has 5 heteroatoms. The number of hydrogen-bond acceptors (Lipinski definition) is 2. The van der Waals surface area contributed by atoms with Gasteiger partial charge in [-0.3, -0.25) is 5.10 Å². The van der Waals surface area contributed by atoms with Crippen molar-refractivity contribution in [2.45, 2.75) is 25.7 Å². The van der Waals surface area contributed by atoms with Gasteiger partial charge >= 0.3 is 0 Å². The quantitative estimate of drug-likeness (QED) is 0.338. The summed E-state index contributed by atoms with van der Waals surface area (Å²) in [5.41, 5.74) is 7.44. The standard InChI is InChI=1S/C27H27FN4/c1-3-6-20(21-7-4-5-8-24(21)28)22-16-26(30-17(22)2)27-23-15-19(9-10-25(23)31-32-27)18-11-13-29-14-12-18/h3-10,15-16,18,29-30H,1,11-14H2,2H3,(H,31,32)/b20-6-. The van der Waals surface area contributed by atoms with E-state index < -0.39 is 0 Å². The summed E-state index contributed by atoms with van der Waals surface area (Å²) in [5.74, 6) is 0.326. The molecule has 0 radical (unpaired) electrons. The Morgan fingerprint density at radius 3 is 2.69 bits per heavy atom. The number of halogens is 1. The third-order valence-electron chi connectivity index (χ3n) is 6.41. The molecule has 0 atom stereocenters. The highest BCUT2D eigenvalue weighted by Gasteiger charge is 2.20. The van der Waals surface area contributed by atoms with E-state index >= 15 is 0 Å². The second-order valence-electron chi connectivity index (χ2n) is 8.42. The summed E-state index contributed by atoms with van der Waals surface area (Å²) in [6.45, 7) is 7.97. The van der Waals surface area contributed by atoms with E-state index in [4.69, 9.17) is 0 Å². The predicted molar refractivity (Wildman–Crippen MR) is 129 cm³/mol. The van der Waals surface area contributed by atoms with Gasteiger partial charge in [-0.15, -0.1) is 0 Å². The summed E-state index contributed by atoms with van der Waals surface area (Å²) in [4.78, 5) is 3.48. The molecule has 4 nitrogen and oxygen atoms in total. The van der Waals surface area contributed by atoms with E-state index in [1.54, 1.807) is 18.2 Å². The highest BCUT2D eigenvalue weighted by molar-refractivity contribution is 5.94. The zero-order valence-corrected chi connectivity index (χ0v) is 18.2. The number of aromatic amines is 2. The molecule has 3 N–H and O–H groups in total. The van der Waals surface area contributed by atoms with Gasteiger partial charge < -0.3 is 10.3 Å². The van der Waals surface area contributed by atoms with Gasteiger partial charge in [0, 0.05) is 22.2 Å². The molecule has 3 heterocycles. The van der Waals surface area contributed by atoms with Crippen molar-refractivity contribution in [3.05, 3.63) is 95.5 Å². The average molecular weight is 427 g/mol. The molecule has 162 valence electrons. The normalized spacial score (nSPS) is 15.4. The second kappa shape index (κ2) is 8.60. The smallest absolute Gasteiger partial charge is 0.131 e. The lowest BCUT2D eigenvalue weighted by molar-refractivity contribution is 0.460. The fraction of sp³-hybridized carbons (Fsp3) is 0.222. The van der Waals surface area contributed by atoms with E-state index in [1.165, 1.54) is 11.6 Å². The maximum absolute atomic E-state index is 14.6. The Bertz CT molecular complexity index is 1300. The molecule has 2 aromatic carbocycles. The first-order valence-electron chi connectivity index (χ1n) is 11.1. The average Bonchev–Trinajstić information content (AvgIpc) is 3.41. The van der Waals surface area contributed by atoms with Gasteiger partial charge in [-0.05, 0) is 74.2 Å². The molecule has 0 bridgehead atoms. The maximum Gasteiger partial charge on any atom is 0.131 e. The number of allylic oxidation sites excluding steroid dienone is 2. The summed E-state index contributed by atoms with van der Waals surface area (Å²) in [6, 6.07) is 15.5. The lowest BCUT2D eigenvalue weighted by Gasteiger charge is -2.23. The van der Waals surface area contributed by atoms with Crippen molar-refractivity contribution in [1.82, 2.24) is 20.5 Å². The summed E-state index contributed by atoms with van der Waals surface area (Å²) in [7, 11) is 0. The molecule has 0 amide bonds. The monoisotopic (exact) mass is 426 g/mol. The summed E-state index contributed by atoms with van der Waals surface area (Å²) in [5, 5.41) is 12.3. The number of piperidine rings is 1. The molecule has 0 spiro atoms. The molecule has 2 aromatic heterocycles. The molecular weight excluding hydrogens is 399 g/mol. The SMILES string of the molecule is C=C/C=C(/c1ccccc1F)c1cc(-c2n[nH]c3ccc(C4CCNCC4)cc23)[nH]c1C. The van der Waals surface area contributed by atoms with Gasteiger partial charge in [-0.2, -0.15) is 5.10 Å². The third kappa shape index (κ3) is 3.69. The van der Waals surface area contributed by atoms with E-state index in [9.17, 15) is 4.39 Å². The number of fused-ring (bicyclic) bond motifs is 1. The van der Waals surface area contributed by atoms with Gasteiger partial charge in [0.05, 0.1) is 11.2 Å². The number of rotatable bonds is 5. The molecule has 1 aliphatic rings. The highest BCUT2D eigenvalue weighted by atomic mass is 19.1. The van der Waals surface area contributed by atoms with Crippen LogP contribution in [0.3, 0.4) is 0 Å². The van der Waals surface area contributed by atoms with Gasteiger partial charge in [0.1, 0.15) is 11.5 Å². The first-order chi connectivity index (χ1) is 15.7. The van der Waals surface area contributed by atoms with E-state index in [0.717, 1.165) is 65.1 Å². The fourth-order valence-corrected chi connectivity index (χ4v) is 4.73. The second-order valence-corrected chi connectivity index (χ2v) is 8.42. The van der Waals surface area contributed by atoms with E-state index in [2.05, 4.69) is 51.3 Å². The minimum absolute atomic E-state index is 0.250. The van der Waals surface area contributed by atoms with Gasteiger partial charge in [0.15, 0.2) is 0 Å². The molecule has 0 aliphatic carbocycles. The van der Waals surface area contributed by atoms with E-state index in [0.29, 0.717) is 11.5 Å². The van der Waals surface area contributed by atoms with Crippen LogP contribution in [0.1, 0.15) is 41.1 Å². The van der Waals surface area contributed by atoms with Crippen molar-refractivity contribution in [2.24, 2.45) is 0 Å². The Morgan fingerprint density at radius 1 is 1.09 bits per heavy atom. The van der Waals surface area contributed by atoms with Crippen LogP contribution in [0.5, 0.6) is 0 Å². The molecule has 0 saturated carbocycles. The molecule has 1 aliphatic heterocycles. The molecule has 5 rings (SSSR count). The number of benzene rings is 2. The van der Waals surface area contributed by atoms with Crippen LogP contribution in [0.15, 0.2) is 67.3 Å². The number of nitrogens with zero attached hydrogens (tertiary/aromatic N) is 1. The zero-order valence-electron chi connectivity index (χ0n) is 18.2. The lowest BCUT2D eigenvalue weighted by Crippen LogP contribution is -2.26. The molecule has 1 saturated heterocycles. The van der Waals surface area contributed by atoms with E-state index in [1.807, 2.05) is 19.1 Å². The number of aryl methyl sites for hydroxylation is 1. The first kappa shape index (κ1) is 20.5. The van der Waals surface area contributed by atoms with Crippen molar-refractivity contribution in [3.8, 4) is 11.4 Å². The van der Waals surface area contributed by atoms with Crippen molar-refractivity contribution >= 4 is 16.5 Å². The highest BCUT2D eigenvalue weighted by Crippen LogP contribution is 2.35. The van der Waals surface area contributed by atoms with E-state index in [-0.39, 0.29) is 5.82 Å². The van der Waals surface area contributed by atoms with Crippen molar-refractivity contribution in [1.29, 1.82) is 0 Å². The number of nitrogens with one attached hydrogen (secondary N) is 3. The summed E-state index contributed by atoms with van der Waals surface area (Å²) >= 11 is 0. The Labute approximate surface area is 187 Å². The summed E-state index contributed by atoms with van der Waals surface area (Å²) in [6.07, 6.45) is 5.87. The Balaban J connectivity index is 1.58. The number of H-pyrrole nitrogens is 2. The molecule has 4 aromatic rings. The molecular formula is C27H27FN4. The van der Waals surface area contributed by atoms with Crippen LogP contribution in [0, 0.1) is 12.7 Å². The third-order valence-corrected chi connectivity index (χ3v) is 6.41. The summed E-state index contributed by atoms with van der Waals surface area (Å²) < 4.78 is 14.6. The first-order valence-corrected chi connectivity index (χ1v) is 11.1. The van der Waals surface area contributed by atoms with Gasteiger partial charge in [0.2, 0.25) is 0 Å². The maximum atomic E-state index is 14.6. The topological polar surface area (TPSA) is 56.5 Å². The van der Waals surface area contributed by atoms with Crippen LogP contribution in [0.4, 0.5) is 4.39 Å². The predicted octanol–water partition coefficient (Wildman–Crippen LogP) is 6.09.